The molecule has 0 aliphatic heterocycles. The first-order valence-electron chi connectivity index (χ1n) is 4.11. The summed E-state index contributed by atoms with van der Waals surface area (Å²) in [7, 11) is 0. The molecule has 68 valence electrons. The van der Waals surface area contributed by atoms with Crippen molar-refractivity contribution < 1.29 is 0 Å². The van der Waals surface area contributed by atoms with Gasteiger partial charge >= 0.3 is 0 Å². The van der Waals surface area contributed by atoms with Gasteiger partial charge in [0.1, 0.15) is 0 Å². The summed E-state index contributed by atoms with van der Waals surface area (Å²) in [6.45, 7) is 0. The number of benzene rings is 1. The number of hydrogen-bond donors (Lipinski definition) is 1. The van der Waals surface area contributed by atoms with Crippen LogP contribution in [-0.2, 0) is 5.75 Å². The molecule has 0 aliphatic rings. The van der Waals surface area contributed by atoms with Crippen molar-refractivity contribution in [2.75, 3.05) is 5.33 Å². The molecule has 0 N–H and O–H groups in total. The SMILES string of the molecule is SCc1cccc(C#CCCBr)c1. The second-order valence-corrected chi connectivity index (χ2v) is 3.71. The summed E-state index contributed by atoms with van der Waals surface area (Å²) in [4.78, 5) is 0. The summed E-state index contributed by atoms with van der Waals surface area (Å²) in [6, 6.07) is 8.18. The highest BCUT2D eigenvalue weighted by Gasteiger charge is 1.89. The van der Waals surface area contributed by atoms with Gasteiger partial charge in [0.25, 0.3) is 0 Å². The number of alkyl halides is 1. The van der Waals surface area contributed by atoms with Gasteiger partial charge in [0.05, 0.1) is 0 Å². The second-order valence-electron chi connectivity index (χ2n) is 2.60. The van der Waals surface area contributed by atoms with Gasteiger partial charge in [-0.15, -0.1) is 0 Å². The van der Waals surface area contributed by atoms with Crippen molar-refractivity contribution in [3.05, 3.63) is 35.4 Å². The molecule has 0 bridgehead atoms. The maximum atomic E-state index is 4.21. The summed E-state index contributed by atoms with van der Waals surface area (Å²) in [5.41, 5.74) is 2.29. The Bertz CT molecular complexity index is 322. The molecule has 0 fully saturated rings. The lowest BCUT2D eigenvalue weighted by Crippen LogP contribution is -1.79. The van der Waals surface area contributed by atoms with Crippen LogP contribution in [0.15, 0.2) is 24.3 Å². The Kier molecular flexibility index (Phi) is 5.03. The summed E-state index contributed by atoms with van der Waals surface area (Å²) < 4.78 is 0. The lowest BCUT2D eigenvalue weighted by atomic mass is 10.1. The van der Waals surface area contributed by atoms with Gasteiger partial charge in [-0.3, -0.25) is 0 Å². The Morgan fingerprint density at radius 3 is 2.92 bits per heavy atom. The van der Waals surface area contributed by atoms with Gasteiger partial charge in [0.2, 0.25) is 0 Å². The maximum Gasteiger partial charge on any atom is 0.0248 e. The molecule has 0 heterocycles. The average molecular weight is 255 g/mol. The molecule has 0 spiro atoms. The van der Waals surface area contributed by atoms with Crippen LogP contribution in [0.25, 0.3) is 0 Å². The lowest BCUT2D eigenvalue weighted by molar-refractivity contribution is 1.32. The van der Waals surface area contributed by atoms with E-state index < -0.39 is 0 Å². The molecule has 0 unspecified atom stereocenters. The molecule has 0 saturated carbocycles. The number of rotatable bonds is 2. The molecule has 0 saturated heterocycles. The normalized spacial score (nSPS) is 9.08. The maximum absolute atomic E-state index is 4.21. The van der Waals surface area contributed by atoms with Crippen LogP contribution >= 0.6 is 28.6 Å². The number of halogens is 1. The minimum absolute atomic E-state index is 0.772. The van der Waals surface area contributed by atoms with Crippen LogP contribution in [0.4, 0.5) is 0 Å². The number of thiol groups is 1. The smallest absolute Gasteiger partial charge is 0.0248 e. The van der Waals surface area contributed by atoms with Gasteiger partial charge in [0, 0.05) is 23.1 Å². The molecule has 0 nitrogen and oxygen atoms in total. The predicted octanol–water partition coefficient (Wildman–Crippen LogP) is 3.25. The molecule has 1 rings (SSSR count). The first-order chi connectivity index (χ1) is 6.36. The number of hydrogen-bond acceptors (Lipinski definition) is 1. The van der Waals surface area contributed by atoms with E-state index in [0.29, 0.717) is 0 Å². The van der Waals surface area contributed by atoms with Crippen molar-refractivity contribution in [1.82, 2.24) is 0 Å². The zero-order valence-electron chi connectivity index (χ0n) is 7.26. The Labute approximate surface area is 93.3 Å². The topological polar surface area (TPSA) is 0 Å². The highest BCUT2D eigenvalue weighted by molar-refractivity contribution is 9.09. The van der Waals surface area contributed by atoms with Crippen molar-refractivity contribution >= 4 is 28.6 Å². The van der Waals surface area contributed by atoms with Crippen LogP contribution in [0.5, 0.6) is 0 Å². The molecule has 0 aliphatic carbocycles. The van der Waals surface area contributed by atoms with Gasteiger partial charge in [0.15, 0.2) is 0 Å². The summed E-state index contributed by atoms with van der Waals surface area (Å²) >= 11 is 7.55. The van der Waals surface area contributed by atoms with Crippen molar-refractivity contribution in [1.29, 1.82) is 0 Å². The third-order valence-corrected chi connectivity index (χ3v) is 2.32. The summed E-state index contributed by atoms with van der Waals surface area (Å²) in [5.74, 6) is 6.96. The van der Waals surface area contributed by atoms with Gasteiger partial charge < -0.3 is 0 Å². The van der Waals surface area contributed by atoms with E-state index in [2.05, 4.69) is 52.5 Å². The van der Waals surface area contributed by atoms with E-state index in [1.165, 1.54) is 5.56 Å². The van der Waals surface area contributed by atoms with Crippen molar-refractivity contribution in [2.24, 2.45) is 0 Å². The van der Waals surface area contributed by atoms with Gasteiger partial charge in [-0.2, -0.15) is 12.6 Å². The van der Waals surface area contributed by atoms with E-state index in [-0.39, 0.29) is 0 Å². The van der Waals surface area contributed by atoms with E-state index in [0.717, 1.165) is 23.1 Å². The minimum Gasteiger partial charge on any atom is -0.175 e. The van der Waals surface area contributed by atoms with Crippen molar-refractivity contribution in [3.8, 4) is 11.8 Å². The van der Waals surface area contributed by atoms with Gasteiger partial charge in [-0.1, -0.05) is 39.9 Å². The van der Waals surface area contributed by atoms with Crippen LogP contribution in [0, 0.1) is 11.8 Å². The van der Waals surface area contributed by atoms with Crippen LogP contribution in [0.3, 0.4) is 0 Å². The Morgan fingerprint density at radius 2 is 2.23 bits per heavy atom. The molecule has 1 aromatic rings. The molecule has 1 aromatic carbocycles. The first-order valence-corrected chi connectivity index (χ1v) is 5.87. The Hall–Kier alpha value is -0.390. The standard InChI is InChI=1S/C11H11BrS/c12-7-2-1-4-10-5-3-6-11(8-10)9-13/h3,5-6,8,13H,2,7,9H2. The quantitative estimate of drug-likeness (QED) is 0.468. The van der Waals surface area contributed by atoms with E-state index in [4.69, 9.17) is 0 Å². The Balaban J connectivity index is 2.73. The predicted molar refractivity (Wildman–Crippen MR) is 64.4 cm³/mol. The highest BCUT2D eigenvalue weighted by atomic mass is 79.9. The zero-order chi connectivity index (χ0) is 9.52. The monoisotopic (exact) mass is 254 g/mol. The van der Waals surface area contributed by atoms with Crippen LogP contribution in [-0.4, -0.2) is 5.33 Å². The van der Waals surface area contributed by atoms with E-state index in [1.807, 2.05) is 12.1 Å². The first kappa shape index (κ1) is 10.7. The molecule has 0 aromatic heterocycles. The molecule has 13 heavy (non-hydrogen) atoms. The Morgan fingerprint density at radius 1 is 1.38 bits per heavy atom. The van der Waals surface area contributed by atoms with Gasteiger partial charge in [-0.05, 0) is 17.7 Å². The average Bonchev–Trinajstić information content (AvgIpc) is 2.19. The van der Waals surface area contributed by atoms with Gasteiger partial charge in [-0.25, -0.2) is 0 Å². The second kappa shape index (κ2) is 6.12. The van der Waals surface area contributed by atoms with Crippen LogP contribution in [0.2, 0.25) is 0 Å². The van der Waals surface area contributed by atoms with Crippen LogP contribution in [0.1, 0.15) is 17.5 Å². The molecular weight excluding hydrogens is 244 g/mol. The van der Waals surface area contributed by atoms with E-state index >= 15 is 0 Å². The molecule has 0 amide bonds. The highest BCUT2D eigenvalue weighted by Crippen LogP contribution is 2.06. The molecule has 0 atom stereocenters. The van der Waals surface area contributed by atoms with Crippen molar-refractivity contribution in [3.63, 3.8) is 0 Å². The fraction of sp³-hybridized carbons (Fsp3) is 0.273. The van der Waals surface area contributed by atoms with Crippen molar-refractivity contribution in [2.45, 2.75) is 12.2 Å². The molecular formula is C11H11BrS. The van der Waals surface area contributed by atoms with E-state index in [1.54, 1.807) is 0 Å². The molecule has 2 heteroatoms. The largest absolute Gasteiger partial charge is 0.175 e. The minimum atomic E-state index is 0.772. The zero-order valence-corrected chi connectivity index (χ0v) is 9.74. The summed E-state index contributed by atoms with van der Waals surface area (Å²) in [5, 5.41) is 0.937. The third-order valence-electron chi connectivity index (χ3n) is 1.56. The third kappa shape index (κ3) is 3.89. The molecule has 0 radical (unpaired) electrons. The summed E-state index contributed by atoms with van der Waals surface area (Å²) in [6.07, 6.45) is 0.894. The fourth-order valence-corrected chi connectivity index (χ4v) is 1.35. The fourth-order valence-electron chi connectivity index (χ4n) is 0.959. The lowest BCUT2D eigenvalue weighted by Gasteiger charge is -1.95. The van der Waals surface area contributed by atoms with E-state index in [9.17, 15) is 0 Å². The van der Waals surface area contributed by atoms with Crippen LogP contribution < -0.4 is 0 Å².